The van der Waals surface area contributed by atoms with E-state index >= 15 is 0 Å². The van der Waals surface area contributed by atoms with Crippen molar-refractivity contribution in [3.8, 4) is 0 Å². The molecule has 2 heterocycles. The summed E-state index contributed by atoms with van der Waals surface area (Å²) in [6, 6.07) is 15.8. The Morgan fingerprint density at radius 2 is 1.82 bits per heavy atom. The first-order chi connectivity index (χ1) is 13.7. The number of anilines is 1. The summed E-state index contributed by atoms with van der Waals surface area (Å²) >= 11 is 1.38. The number of thioether (sulfide) groups is 1. The Morgan fingerprint density at radius 3 is 2.57 bits per heavy atom. The van der Waals surface area contributed by atoms with Crippen LogP contribution in [-0.2, 0) is 17.6 Å². The van der Waals surface area contributed by atoms with Gasteiger partial charge in [-0.3, -0.25) is 9.20 Å². The van der Waals surface area contributed by atoms with Crippen LogP contribution in [0.2, 0.25) is 0 Å². The summed E-state index contributed by atoms with van der Waals surface area (Å²) in [5, 5.41) is 12.3. The van der Waals surface area contributed by atoms with Gasteiger partial charge in [-0.2, -0.15) is 0 Å². The van der Waals surface area contributed by atoms with Crippen LogP contribution in [0.15, 0.2) is 53.6 Å². The van der Waals surface area contributed by atoms with Gasteiger partial charge in [0, 0.05) is 12.1 Å². The summed E-state index contributed by atoms with van der Waals surface area (Å²) in [5.41, 5.74) is 4.58. The van der Waals surface area contributed by atoms with Crippen LogP contribution in [0.1, 0.15) is 25.2 Å². The Hall–Kier alpha value is -2.93. The van der Waals surface area contributed by atoms with Crippen LogP contribution in [-0.4, -0.2) is 31.2 Å². The van der Waals surface area contributed by atoms with Crippen LogP contribution in [0, 0.1) is 0 Å². The highest BCUT2D eigenvalue weighted by atomic mass is 32.2. The molecule has 0 bridgehead atoms. The molecule has 1 N–H and O–H groups in total. The smallest absolute Gasteiger partial charge is 0.234 e. The molecule has 4 rings (SSSR count). The molecule has 0 atom stereocenters. The van der Waals surface area contributed by atoms with E-state index in [0.29, 0.717) is 10.7 Å². The van der Waals surface area contributed by atoms with Crippen molar-refractivity contribution in [3.05, 3.63) is 59.9 Å². The van der Waals surface area contributed by atoms with Crippen molar-refractivity contribution in [3.63, 3.8) is 0 Å². The molecule has 0 fully saturated rings. The zero-order chi connectivity index (χ0) is 19.5. The second-order valence-electron chi connectivity index (χ2n) is 6.42. The van der Waals surface area contributed by atoms with Crippen molar-refractivity contribution < 1.29 is 4.79 Å². The van der Waals surface area contributed by atoms with E-state index in [2.05, 4.69) is 29.4 Å². The second-order valence-corrected chi connectivity index (χ2v) is 7.39. The van der Waals surface area contributed by atoms with Crippen molar-refractivity contribution in [2.24, 2.45) is 0 Å². The van der Waals surface area contributed by atoms with Gasteiger partial charge in [0.1, 0.15) is 10.9 Å². The highest BCUT2D eigenvalue weighted by Crippen LogP contribution is 2.26. The maximum absolute atomic E-state index is 12.4. The standard InChI is InChI=1S/C21H21N5OS/c1-3-14-9-11-15(12-10-14)22-19(27)13-28-21-20-25-24-18(4-2)26(20)17-8-6-5-7-16(17)23-21/h5-12H,3-4,13H2,1-2H3,(H,22,27). The molecule has 0 spiro atoms. The zero-order valence-electron chi connectivity index (χ0n) is 15.8. The number of para-hydroxylation sites is 2. The fourth-order valence-electron chi connectivity index (χ4n) is 3.10. The highest BCUT2D eigenvalue weighted by molar-refractivity contribution is 8.00. The van der Waals surface area contributed by atoms with E-state index in [1.54, 1.807) is 0 Å². The van der Waals surface area contributed by atoms with Crippen LogP contribution in [0.25, 0.3) is 16.7 Å². The summed E-state index contributed by atoms with van der Waals surface area (Å²) in [4.78, 5) is 17.1. The Bertz CT molecular complexity index is 1140. The fraction of sp³-hybridized carbons (Fsp3) is 0.238. The normalized spacial score (nSPS) is 11.2. The molecule has 0 aliphatic carbocycles. The first kappa shape index (κ1) is 18.4. The summed E-state index contributed by atoms with van der Waals surface area (Å²) in [5.74, 6) is 1.07. The Kier molecular flexibility index (Phi) is 5.25. The lowest BCUT2D eigenvalue weighted by Crippen LogP contribution is -2.14. The van der Waals surface area contributed by atoms with Gasteiger partial charge in [0.05, 0.1) is 16.8 Å². The summed E-state index contributed by atoms with van der Waals surface area (Å²) < 4.78 is 2.03. The lowest BCUT2D eigenvalue weighted by Gasteiger charge is -2.08. The number of amides is 1. The summed E-state index contributed by atoms with van der Waals surface area (Å²) in [7, 11) is 0. The van der Waals surface area contributed by atoms with E-state index in [4.69, 9.17) is 4.98 Å². The number of nitrogens with zero attached hydrogens (tertiary/aromatic N) is 4. The van der Waals surface area contributed by atoms with Gasteiger partial charge in [-0.1, -0.05) is 49.9 Å². The van der Waals surface area contributed by atoms with E-state index in [1.165, 1.54) is 17.3 Å². The van der Waals surface area contributed by atoms with Gasteiger partial charge in [-0.15, -0.1) is 10.2 Å². The fourth-order valence-corrected chi connectivity index (χ4v) is 3.86. The molecule has 4 aromatic rings. The number of carbonyl (C=O) groups excluding carboxylic acids is 1. The van der Waals surface area contributed by atoms with E-state index in [0.717, 1.165) is 35.4 Å². The van der Waals surface area contributed by atoms with Crippen molar-refractivity contribution in [1.29, 1.82) is 0 Å². The number of aromatic nitrogens is 4. The number of hydrogen-bond acceptors (Lipinski definition) is 5. The number of fused-ring (bicyclic) bond motifs is 3. The largest absolute Gasteiger partial charge is 0.325 e. The molecule has 6 nitrogen and oxygen atoms in total. The minimum absolute atomic E-state index is 0.0717. The third-order valence-corrected chi connectivity index (χ3v) is 5.52. The molecule has 7 heteroatoms. The van der Waals surface area contributed by atoms with Crippen LogP contribution < -0.4 is 5.32 Å². The van der Waals surface area contributed by atoms with Gasteiger partial charge in [-0.25, -0.2) is 4.98 Å². The van der Waals surface area contributed by atoms with E-state index in [-0.39, 0.29) is 11.7 Å². The molecule has 2 aromatic heterocycles. The topological polar surface area (TPSA) is 72.2 Å². The summed E-state index contributed by atoms with van der Waals surface area (Å²) in [6.45, 7) is 4.16. The number of benzene rings is 2. The van der Waals surface area contributed by atoms with Gasteiger partial charge in [0.25, 0.3) is 0 Å². The van der Waals surface area contributed by atoms with Crippen molar-refractivity contribution in [2.45, 2.75) is 31.7 Å². The molecule has 142 valence electrons. The maximum Gasteiger partial charge on any atom is 0.234 e. The number of aryl methyl sites for hydroxylation is 2. The maximum atomic E-state index is 12.4. The number of nitrogens with one attached hydrogen (secondary N) is 1. The minimum atomic E-state index is -0.0717. The van der Waals surface area contributed by atoms with Crippen molar-refractivity contribution in [1.82, 2.24) is 19.6 Å². The van der Waals surface area contributed by atoms with Crippen molar-refractivity contribution in [2.75, 3.05) is 11.1 Å². The molecule has 0 aliphatic heterocycles. The Labute approximate surface area is 167 Å². The predicted octanol–water partition coefficient (Wildman–Crippen LogP) is 4.13. The third kappa shape index (κ3) is 3.57. The molecule has 0 saturated carbocycles. The first-order valence-corrected chi connectivity index (χ1v) is 10.3. The van der Waals surface area contributed by atoms with E-state index in [1.807, 2.05) is 52.9 Å². The number of carbonyl (C=O) groups is 1. The van der Waals surface area contributed by atoms with Gasteiger partial charge in [0.15, 0.2) is 5.65 Å². The third-order valence-electron chi connectivity index (χ3n) is 4.57. The molecule has 1 amide bonds. The van der Waals surface area contributed by atoms with Gasteiger partial charge >= 0.3 is 0 Å². The van der Waals surface area contributed by atoms with Crippen LogP contribution >= 0.6 is 11.8 Å². The van der Waals surface area contributed by atoms with Crippen LogP contribution in [0.3, 0.4) is 0 Å². The summed E-state index contributed by atoms with van der Waals surface area (Å²) in [6.07, 6.45) is 1.75. The second kappa shape index (κ2) is 7.98. The molecule has 0 radical (unpaired) electrons. The predicted molar refractivity (Wildman–Crippen MR) is 113 cm³/mol. The molecule has 0 unspecified atom stereocenters. The van der Waals surface area contributed by atoms with Gasteiger partial charge in [0.2, 0.25) is 5.91 Å². The highest BCUT2D eigenvalue weighted by Gasteiger charge is 2.15. The number of hydrogen-bond donors (Lipinski definition) is 1. The van der Waals surface area contributed by atoms with Gasteiger partial charge < -0.3 is 5.32 Å². The van der Waals surface area contributed by atoms with Crippen LogP contribution in [0.4, 0.5) is 5.69 Å². The Balaban J connectivity index is 1.56. The SMILES string of the molecule is CCc1ccc(NC(=O)CSc2nc3ccccc3n3c(CC)nnc23)cc1. The zero-order valence-corrected chi connectivity index (χ0v) is 16.7. The molecular weight excluding hydrogens is 370 g/mol. The van der Waals surface area contributed by atoms with Gasteiger partial charge in [-0.05, 0) is 36.2 Å². The Morgan fingerprint density at radius 1 is 1.04 bits per heavy atom. The van der Waals surface area contributed by atoms with E-state index in [9.17, 15) is 4.79 Å². The minimum Gasteiger partial charge on any atom is -0.325 e. The number of rotatable bonds is 6. The quantitative estimate of drug-likeness (QED) is 0.500. The average Bonchev–Trinajstić information content (AvgIpc) is 3.17. The lowest BCUT2D eigenvalue weighted by atomic mass is 10.1. The molecular formula is C21H21N5OS. The van der Waals surface area contributed by atoms with Crippen molar-refractivity contribution >= 4 is 40.0 Å². The van der Waals surface area contributed by atoms with E-state index < -0.39 is 0 Å². The molecule has 2 aromatic carbocycles. The molecule has 0 aliphatic rings. The monoisotopic (exact) mass is 391 g/mol. The first-order valence-electron chi connectivity index (χ1n) is 9.34. The molecule has 28 heavy (non-hydrogen) atoms. The molecule has 0 saturated heterocycles. The van der Waals surface area contributed by atoms with Crippen LogP contribution in [0.5, 0.6) is 0 Å². The average molecular weight is 392 g/mol. The lowest BCUT2D eigenvalue weighted by molar-refractivity contribution is -0.113.